The van der Waals surface area contributed by atoms with Crippen LogP contribution in [-0.4, -0.2) is 9.55 Å². The van der Waals surface area contributed by atoms with Gasteiger partial charge in [0, 0.05) is 9.64 Å². The molecule has 0 aliphatic heterocycles. The Hall–Kier alpha value is -1.76. The zero-order valence-electron chi connectivity index (χ0n) is 15.6. The van der Waals surface area contributed by atoms with Crippen molar-refractivity contribution in [2.75, 3.05) is 0 Å². The maximum atomic E-state index is 13.9. The molecule has 3 nitrogen and oxygen atoms in total. The van der Waals surface area contributed by atoms with Crippen molar-refractivity contribution in [3.05, 3.63) is 67.0 Å². The van der Waals surface area contributed by atoms with Crippen LogP contribution in [0, 0.1) is 16.3 Å². The summed E-state index contributed by atoms with van der Waals surface area (Å²) in [5, 5.41) is 0.440. The van der Waals surface area contributed by atoms with Gasteiger partial charge in [-0.2, -0.15) is 0 Å². The van der Waals surface area contributed by atoms with Crippen molar-refractivity contribution in [1.82, 2.24) is 9.55 Å². The standard InChI is InChI=1S/C21H22FIN2O/c1-11(2)14-7-6-8-15(12(3)4)20(14)25-13(5)24-19-10-17(22)18(23)9-16(19)21(25)26/h6-12H,1-5H3. The lowest BCUT2D eigenvalue weighted by molar-refractivity contribution is 0.621. The van der Waals surface area contributed by atoms with Crippen LogP contribution in [0.2, 0.25) is 0 Å². The fraction of sp³-hybridized carbons (Fsp3) is 0.333. The summed E-state index contributed by atoms with van der Waals surface area (Å²) < 4.78 is 16.0. The van der Waals surface area contributed by atoms with Crippen molar-refractivity contribution < 1.29 is 4.39 Å². The molecule has 0 N–H and O–H groups in total. The summed E-state index contributed by atoms with van der Waals surface area (Å²) in [6, 6.07) is 9.10. The van der Waals surface area contributed by atoms with Crippen molar-refractivity contribution >= 4 is 33.5 Å². The summed E-state index contributed by atoms with van der Waals surface area (Å²) in [6.07, 6.45) is 0. The Morgan fingerprint density at radius 3 is 2.19 bits per heavy atom. The molecular formula is C21H22FIN2O. The molecule has 0 spiro atoms. The van der Waals surface area contributed by atoms with Crippen LogP contribution < -0.4 is 5.56 Å². The lowest BCUT2D eigenvalue weighted by Gasteiger charge is -2.22. The average Bonchev–Trinajstić information content (AvgIpc) is 2.56. The monoisotopic (exact) mass is 464 g/mol. The molecule has 3 aromatic rings. The second-order valence-electron chi connectivity index (χ2n) is 7.18. The van der Waals surface area contributed by atoms with Crippen molar-refractivity contribution in [2.24, 2.45) is 0 Å². The van der Waals surface area contributed by atoms with E-state index < -0.39 is 0 Å². The third kappa shape index (κ3) is 3.17. The van der Waals surface area contributed by atoms with Crippen molar-refractivity contribution in [3.63, 3.8) is 0 Å². The van der Waals surface area contributed by atoms with Gasteiger partial charge >= 0.3 is 0 Å². The molecule has 3 rings (SSSR count). The summed E-state index contributed by atoms with van der Waals surface area (Å²) >= 11 is 1.91. The highest BCUT2D eigenvalue weighted by Gasteiger charge is 2.20. The zero-order valence-corrected chi connectivity index (χ0v) is 17.8. The van der Waals surface area contributed by atoms with E-state index in [1.807, 2.05) is 28.7 Å². The predicted molar refractivity (Wildman–Crippen MR) is 113 cm³/mol. The lowest BCUT2D eigenvalue weighted by Crippen LogP contribution is -2.25. The number of aromatic nitrogens is 2. The molecule has 26 heavy (non-hydrogen) atoms. The summed E-state index contributed by atoms with van der Waals surface area (Å²) in [4.78, 5) is 17.9. The van der Waals surface area contributed by atoms with Crippen LogP contribution in [0.1, 0.15) is 56.5 Å². The van der Waals surface area contributed by atoms with Gasteiger partial charge in [0.2, 0.25) is 0 Å². The summed E-state index contributed by atoms with van der Waals surface area (Å²) in [5.74, 6) is 0.740. The maximum Gasteiger partial charge on any atom is 0.266 e. The first-order chi connectivity index (χ1) is 12.2. The predicted octanol–water partition coefficient (Wildman–Crippen LogP) is 5.68. The topological polar surface area (TPSA) is 34.9 Å². The number of para-hydroxylation sites is 1. The highest BCUT2D eigenvalue weighted by molar-refractivity contribution is 14.1. The average molecular weight is 464 g/mol. The van der Waals surface area contributed by atoms with Crippen LogP contribution in [0.4, 0.5) is 4.39 Å². The number of aryl methyl sites for hydroxylation is 1. The highest BCUT2D eigenvalue weighted by atomic mass is 127. The Bertz CT molecular complexity index is 1030. The van der Waals surface area contributed by atoms with Crippen LogP contribution in [0.3, 0.4) is 0 Å². The van der Waals surface area contributed by atoms with E-state index in [4.69, 9.17) is 0 Å². The summed E-state index contributed by atoms with van der Waals surface area (Å²) in [5.41, 5.74) is 3.38. The smallest absolute Gasteiger partial charge is 0.266 e. The normalized spacial score (nSPS) is 11.7. The quantitative estimate of drug-likeness (QED) is 0.468. The molecule has 0 saturated carbocycles. The largest absolute Gasteiger partial charge is 0.268 e. The van der Waals surface area contributed by atoms with E-state index in [2.05, 4.69) is 44.8 Å². The van der Waals surface area contributed by atoms with E-state index in [-0.39, 0.29) is 23.2 Å². The van der Waals surface area contributed by atoms with Gasteiger partial charge in [-0.15, -0.1) is 0 Å². The van der Waals surface area contributed by atoms with E-state index in [1.54, 1.807) is 17.6 Å². The van der Waals surface area contributed by atoms with E-state index in [0.717, 1.165) is 16.8 Å². The second kappa shape index (κ2) is 7.10. The van der Waals surface area contributed by atoms with E-state index in [9.17, 15) is 9.18 Å². The van der Waals surface area contributed by atoms with E-state index >= 15 is 0 Å². The molecule has 136 valence electrons. The summed E-state index contributed by atoms with van der Waals surface area (Å²) in [7, 11) is 0. The van der Waals surface area contributed by atoms with Crippen LogP contribution in [-0.2, 0) is 0 Å². The SMILES string of the molecule is Cc1nc2cc(F)c(I)cc2c(=O)n1-c1c(C(C)C)cccc1C(C)C. The van der Waals surface area contributed by atoms with Gasteiger partial charge in [-0.05, 0) is 58.5 Å². The first kappa shape index (κ1) is 19.0. The number of hydrogen-bond donors (Lipinski definition) is 0. The molecule has 0 fully saturated rings. The number of halogens is 2. The van der Waals surface area contributed by atoms with Crippen LogP contribution in [0.5, 0.6) is 0 Å². The molecule has 0 amide bonds. The van der Waals surface area contributed by atoms with Gasteiger partial charge in [-0.1, -0.05) is 45.9 Å². The molecule has 0 saturated heterocycles. The van der Waals surface area contributed by atoms with Gasteiger partial charge in [0.25, 0.3) is 5.56 Å². The third-order valence-electron chi connectivity index (χ3n) is 4.64. The molecule has 0 aliphatic rings. The second-order valence-corrected chi connectivity index (χ2v) is 8.34. The van der Waals surface area contributed by atoms with Gasteiger partial charge in [-0.3, -0.25) is 9.36 Å². The minimum absolute atomic E-state index is 0.152. The number of benzene rings is 2. The number of hydrogen-bond acceptors (Lipinski definition) is 2. The molecule has 0 unspecified atom stereocenters. The maximum absolute atomic E-state index is 13.9. The first-order valence-electron chi connectivity index (χ1n) is 8.74. The number of nitrogens with zero attached hydrogens (tertiary/aromatic N) is 2. The van der Waals surface area contributed by atoms with Gasteiger partial charge < -0.3 is 0 Å². The van der Waals surface area contributed by atoms with Gasteiger partial charge in [0.1, 0.15) is 11.6 Å². The summed E-state index contributed by atoms with van der Waals surface area (Å²) in [6.45, 7) is 10.3. The molecule has 1 heterocycles. The van der Waals surface area contributed by atoms with Crippen LogP contribution in [0.15, 0.2) is 35.1 Å². The molecule has 1 aromatic heterocycles. The highest BCUT2D eigenvalue weighted by Crippen LogP contribution is 2.31. The molecule has 0 bridgehead atoms. The minimum Gasteiger partial charge on any atom is -0.268 e. The number of fused-ring (bicyclic) bond motifs is 1. The Morgan fingerprint density at radius 1 is 1.08 bits per heavy atom. The van der Waals surface area contributed by atoms with Crippen LogP contribution >= 0.6 is 22.6 Å². The first-order valence-corrected chi connectivity index (χ1v) is 9.81. The Labute approximate surface area is 166 Å². The van der Waals surface area contributed by atoms with E-state index in [1.165, 1.54) is 6.07 Å². The number of rotatable bonds is 3. The van der Waals surface area contributed by atoms with Gasteiger partial charge in [0.15, 0.2) is 0 Å². The molecular weight excluding hydrogens is 442 g/mol. The Balaban J connectivity index is 2.47. The van der Waals surface area contributed by atoms with Gasteiger partial charge in [-0.25, -0.2) is 9.37 Å². The fourth-order valence-corrected chi connectivity index (χ4v) is 3.79. The van der Waals surface area contributed by atoms with Gasteiger partial charge in [0.05, 0.1) is 16.6 Å². The molecule has 0 atom stereocenters. The lowest BCUT2D eigenvalue weighted by atomic mass is 9.92. The molecule has 0 radical (unpaired) electrons. The molecule has 2 aromatic carbocycles. The van der Waals surface area contributed by atoms with Crippen molar-refractivity contribution in [2.45, 2.75) is 46.5 Å². The molecule has 5 heteroatoms. The van der Waals surface area contributed by atoms with Crippen LogP contribution in [0.25, 0.3) is 16.6 Å². The Kier molecular flexibility index (Phi) is 5.19. The fourth-order valence-electron chi connectivity index (χ4n) is 3.33. The van der Waals surface area contributed by atoms with E-state index in [0.29, 0.717) is 20.3 Å². The van der Waals surface area contributed by atoms with Crippen molar-refractivity contribution in [3.8, 4) is 5.69 Å². The zero-order chi connectivity index (χ0) is 19.2. The van der Waals surface area contributed by atoms with Crippen molar-refractivity contribution in [1.29, 1.82) is 0 Å². The third-order valence-corrected chi connectivity index (χ3v) is 5.47. The Morgan fingerprint density at radius 2 is 1.65 bits per heavy atom. The minimum atomic E-state index is -0.354. The molecule has 0 aliphatic carbocycles.